The molecule has 1 aromatic carbocycles. The number of rotatable bonds is 4. The van der Waals surface area contributed by atoms with Gasteiger partial charge in [-0.2, -0.15) is 0 Å². The first kappa shape index (κ1) is 21.3. The van der Waals surface area contributed by atoms with Crippen molar-refractivity contribution in [3.05, 3.63) is 41.4 Å². The van der Waals surface area contributed by atoms with E-state index in [0.29, 0.717) is 17.6 Å². The molecule has 1 fully saturated rings. The van der Waals surface area contributed by atoms with E-state index < -0.39 is 0 Å². The van der Waals surface area contributed by atoms with Crippen LogP contribution in [0.5, 0.6) is 0 Å². The third kappa shape index (κ3) is 5.11. The largest absolute Gasteiger partial charge is 0.439 e. The molecule has 0 bridgehead atoms. The monoisotopic (exact) mass is 391 g/mol. The molecule has 134 valence electrons. The summed E-state index contributed by atoms with van der Waals surface area (Å²) in [6.07, 6.45) is 5.39. The minimum absolute atomic E-state index is 0. The standard InChI is InChI=1S/C17H22ClN3O.2ClH/c1-12(19)15-7-2-3-8-21(15)11-17-20-10-16(22-17)13-5-4-6-14(18)9-13;;/h4-6,9-10,12,15H,2-3,7-8,11,19H2,1H3;2*1H. The van der Waals surface area contributed by atoms with E-state index in [4.69, 9.17) is 21.8 Å². The van der Waals surface area contributed by atoms with Crippen LogP contribution in [0, 0.1) is 0 Å². The van der Waals surface area contributed by atoms with Gasteiger partial charge in [-0.3, -0.25) is 4.90 Å². The second kappa shape index (κ2) is 9.64. The summed E-state index contributed by atoms with van der Waals surface area (Å²) in [5.41, 5.74) is 7.07. The average molecular weight is 393 g/mol. The lowest BCUT2D eigenvalue weighted by molar-refractivity contribution is 0.112. The van der Waals surface area contributed by atoms with Gasteiger partial charge in [-0.15, -0.1) is 24.8 Å². The van der Waals surface area contributed by atoms with Crippen LogP contribution in [0.3, 0.4) is 0 Å². The van der Waals surface area contributed by atoms with Crippen molar-refractivity contribution in [1.29, 1.82) is 0 Å². The summed E-state index contributed by atoms with van der Waals surface area (Å²) in [5.74, 6) is 1.49. The van der Waals surface area contributed by atoms with Crippen LogP contribution in [0.1, 0.15) is 32.1 Å². The lowest BCUT2D eigenvalue weighted by Crippen LogP contribution is -2.48. The van der Waals surface area contributed by atoms with Crippen LogP contribution in [-0.2, 0) is 6.54 Å². The molecule has 1 aromatic heterocycles. The van der Waals surface area contributed by atoms with E-state index in [0.717, 1.165) is 30.2 Å². The molecule has 3 rings (SSSR count). The number of aromatic nitrogens is 1. The predicted molar refractivity (Wildman–Crippen MR) is 103 cm³/mol. The van der Waals surface area contributed by atoms with Crippen LogP contribution in [-0.4, -0.2) is 28.5 Å². The van der Waals surface area contributed by atoms with E-state index in [1.54, 1.807) is 6.20 Å². The zero-order valence-corrected chi connectivity index (χ0v) is 16.0. The Kier molecular flexibility index (Phi) is 8.54. The fourth-order valence-corrected chi connectivity index (χ4v) is 3.33. The molecule has 0 amide bonds. The van der Waals surface area contributed by atoms with Gasteiger partial charge in [0.15, 0.2) is 5.76 Å². The predicted octanol–water partition coefficient (Wildman–Crippen LogP) is 4.54. The van der Waals surface area contributed by atoms with Crippen LogP contribution < -0.4 is 5.73 Å². The van der Waals surface area contributed by atoms with Gasteiger partial charge in [0.1, 0.15) is 0 Å². The van der Waals surface area contributed by atoms with E-state index in [1.807, 2.05) is 24.3 Å². The topological polar surface area (TPSA) is 55.3 Å². The Hall–Kier alpha value is -0.780. The molecule has 0 aliphatic carbocycles. The average Bonchev–Trinajstić information content (AvgIpc) is 2.96. The highest BCUT2D eigenvalue weighted by Gasteiger charge is 2.26. The summed E-state index contributed by atoms with van der Waals surface area (Å²) in [7, 11) is 0. The minimum Gasteiger partial charge on any atom is -0.439 e. The fourth-order valence-electron chi connectivity index (χ4n) is 3.14. The summed E-state index contributed by atoms with van der Waals surface area (Å²) in [6.45, 7) is 3.85. The van der Waals surface area contributed by atoms with Crippen molar-refractivity contribution in [2.45, 2.75) is 44.8 Å². The second-order valence-electron chi connectivity index (χ2n) is 6.02. The highest BCUT2D eigenvalue weighted by Crippen LogP contribution is 2.25. The number of benzene rings is 1. The van der Waals surface area contributed by atoms with Crippen LogP contribution in [0.2, 0.25) is 5.02 Å². The quantitative estimate of drug-likeness (QED) is 0.830. The van der Waals surface area contributed by atoms with Gasteiger partial charge in [-0.25, -0.2) is 4.98 Å². The summed E-state index contributed by atoms with van der Waals surface area (Å²) in [5, 5.41) is 0.698. The maximum atomic E-state index is 6.12. The smallest absolute Gasteiger partial charge is 0.209 e. The molecule has 0 saturated carbocycles. The Bertz CT molecular complexity index is 633. The lowest BCUT2D eigenvalue weighted by Gasteiger charge is -2.37. The Morgan fingerprint density at radius 1 is 1.38 bits per heavy atom. The van der Waals surface area contributed by atoms with Gasteiger partial charge in [0.2, 0.25) is 5.89 Å². The van der Waals surface area contributed by atoms with Crippen molar-refractivity contribution in [2.24, 2.45) is 5.73 Å². The molecule has 0 radical (unpaired) electrons. The first-order valence-electron chi connectivity index (χ1n) is 7.84. The Labute approximate surface area is 160 Å². The third-order valence-corrected chi connectivity index (χ3v) is 4.51. The summed E-state index contributed by atoms with van der Waals surface area (Å²) >= 11 is 6.03. The Balaban J connectivity index is 0.00000144. The first-order valence-corrected chi connectivity index (χ1v) is 8.21. The van der Waals surface area contributed by atoms with Gasteiger partial charge >= 0.3 is 0 Å². The SMILES string of the molecule is CC(N)C1CCCCN1Cc1ncc(-c2cccc(Cl)c2)o1.Cl.Cl. The molecule has 1 aliphatic heterocycles. The molecule has 7 heteroatoms. The molecule has 2 aromatic rings. The van der Waals surface area contributed by atoms with E-state index in [1.165, 1.54) is 12.8 Å². The maximum absolute atomic E-state index is 6.12. The van der Waals surface area contributed by atoms with Gasteiger partial charge in [0.25, 0.3) is 0 Å². The molecular weight excluding hydrogens is 369 g/mol. The van der Waals surface area contributed by atoms with Crippen LogP contribution in [0.4, 0.5) is 0 Å². The summed E-state index contributed by atoms with van der Waals surface area (Å²) < 4.78 is 5.90. The highest BCUT2D eigenvalue weighted by molar-refractivity contribution is 6.30. The molecule has 0 spiro atoms. The number of nitrogens with two attached hydrogens (primary N) is 1. The second-order valence-corrected chi connectivity index (χ2v) is 6.46. The molecular formula is C17H24Cl3N3O. The van der Waals surface area contributed by atoms with Gasteiger partial charge in [-0.1, -0.05) is 30.2 Å². The molecule has 1 saturated heterocycles. The number of nitrogens with zero attached hydrogens (tertiary/aromatic N) is 2. The molecule has 2 atom stereocenters. The molecule has 24 heavy (non-hydrogen) atoms. The van der Waals surface area contributed by atoms with Gasteiger partial charge < -0.3 is 10.2 Å². The number of piperidine rings is 1. The molecule has 1 aliphatic rings. The first-order chi connectivity index (χ1) is 10.6. The maximum Gasteiger partial charge on any atom is 0.209 e. The molecule has 4 nitrogen and oxygen atoms in total. The van der Waals surface area contributed by atoms with Crippen molar-refractivity contribution in [3.8, 4) is 11.3 Å². The van der Waals surface area contributed by atoms with Crippen molar-refractivity contribution >= 4 is 36.4 Å². The van der Waals surface area contributed by atoms with Gasteiger partial charge in [0.05, 0.1) is 12.7 Å². The highest BCUT2D eigenvalue weighted by atomic mass is 35.5. The lowest BCUT2D eigenvalue weighted by atomic mass is 9.97. The minimum atomic E-state index is 0. The number of likely N-dealkylation sites (tertiary alicyclic amines) is 1. The molecule has 2 heterocycles. The fraction of sp³-hybridized carbons (Fsp3) is 0.471. The summed E-state index contributed by atoms with van der Waals surface area (Å²) in [6, 6.07) is 8.21. The third-order valence-electron chi connectivity index (χ3n) is 4.27. The van der Waals surface area contributed by atoms with Gasteiger partial charge in [-0.05, 0) is 38.4 Å². The zero-order valence-electron chi connectivity index (χ0n) is 13.7. The van der Waals surface area contributed by atoms with E-state index >= 15 is 0 Å². The number of hydrogen-bond acceptors (Lipinski definition) is 4. The Morgan fingerprint density at radius 3 is 2.88 bits per heavy atom. The number of hydrogen-bond donors (Lipinski definition) is 1. The van der Waals surface area contributed by atoms with Crippen molar-refractivity contribution < 1.29 is 4.42 Å². The molecule has 2 unspecified atom stereocenters. The molecule has 2 N–H and O–H groups in total. The number of halogens is 3. The zero-order chi connectivity index (χ0) is 15.5. The van der Waals surface area contributed by atoms with Crippen molar-refractivity contribution in [2.75, 3.05) is 6.54 Å². The van der Waals surface area contributed by atoms with Crippen LogP contribution in [0.25, 0.3) is 11.3 Å². The summed E-state index contributed by atoms with van der Waals surface area (Å²) in [4.78, 5) is 6.81. The number of oxazole rings is 1. The normalized spacial score (nSPS) is 19.2. The van der Waals surface area contributed by atoms with Crippen LogP contribution >= 0.6 is 36.4 Å². The van der Waals surface area contributed by atoms with E-state index in [-0.39, 0.29) is 30.9 Å². The Morgan fingerprint density at radius 2 is 2.17 bits per heavy atom. The van der Waals surface area contributed by atoms with E-state index in [9.17, 15) is 0 Å². The van der Waals surface area contributed by atoms with E-state index in [2.05, 4.69) is 16.8 Å². The van der Waals surface area contributed by atoms with Gasteiger partial charge in [0, 0.05) is 22.7 Å². The van der Waals surface area contributed by atoms with Crippen molar-refractivity contribution in [3.63, 3.8) is 0 Å². The van der Waals surface area contributed by atoms with Crippen molar-refractivity contribution in [1.82, 2.24) is 9.88 Å². The van der Waals surface area contributed by atoms with Crippen LogP contribution in [0.15, 0.2) is 34.9 Å².